The van der Waals surface area contributed by atoms with E-state index in [1.54, 1.807) is 24.3 Å². The van der Waals surface area contributed by atoms with Gasteiger partial charge < -0.3 is 9.52 Å². The van der Waals surface area contributed by atoms with Crippen molar-refractivity contribution in [3.05, 3.63) is 70.4 Å². The Morgan fingerprint density at radius 1 is 1.10 bits per heavy atom. The van der Waals surface area contributed by atoms with Gasteiger partial charge in [0.1, 0.15) is 11.9 Å². The smallest absolute Gasteiger partial charge is 0.165 e. The highest BCUT2D eigenvalue weighted by Crippen LogP contribution is 2.32. The Morgan fingerprint density at radius 2 is 1.85 bits per heavy atom. The van der Waals surface area contributed by atoms with Gasteiger partial charge in [-0.1, -0.05) is 35.9 Å². The number of furan rings is 1. The van der Waals surface area contributed by atoms with Crippen LogP contribution in [0.25, 0.3) is 11.0 Å². The molecule has 3 aromatic rings. The molecule has 5 heteroatoms. The number of fused-ring (bicyclic) bond motifs is 1. The van der Waals surface area contributed by atoms with Crippen molar-refractivity contribution in [1.82, 2.24) is 0 Å². The topological polar surface area (TPSA) is 33.4 Å². The number of hydrogen-bond donors (Lipinski definition) is 1. The van der Waals surface area contributed by atoms with Crippen LogP contribution in [-0.2, 0) is 0 Å². The molecule has 102 valence electrons. The van der Waals surface area contributed by atoms with Gasteiger partial charge in [-0.2, -0.15) is 0 Å². The highest BCUT2D eigenvalue weighted by Gasteiger charge is 2.21. The van der Waals surface area contributed by atoms with Crippen LogP contribution < -0.4 is 0 Å². The summed E-state index contributed by atoms with van der Waals surface area (Å²) in [5.74, 6) is -2.00. The highest BCUT2D eigenvalue weighted by molar-refractivity contribution is 6.34. The van der Waals surface area contributed by atoms with Crippen LogP contribution in [0, 0.1) is 11.6 Å². The van der Waals surface area contributed by atoms with Crippen LogP contribution in [0.3, 0.4) is 0 Å². The quantitative estimate of drug-likeness (QED) is 0.757. The molecule has 2 nitrogen and oxygen atoms in total. The molecule has 0 spiro atoms. The number of hydrogen-bond acceptors (Lipinski definition) is 2. The summed E-state index contributed by atoms with van der Waals surface area (Å²) in [6.07, 6.45) is -1.39. The zero-order valence-corrected chi connectivity index (χ0v) is 10.9. The highest BCUT2D eigenvalue weighted by atomic mass is 35.5. The van der Waals surface area contributed by atoms with E-state index < -0.39 is 17.7 Å². The first-order chi connectivity index (χ1) is 9.58. The fraction of sp³-hybridized carbons (Fsp3) is 0.0667. The Bertz CT molecular complexity index is 783. The van der Waals surface area contributed by atoms with Crippen molar-refractivity contribution in [2.75, 3.05) is 0 Å². The third-order valence-corrected chi connectivity index (χ3v) is 3.36. The molecule has 0 aliphatic rings. The van der Waals surface area contributed by atoms with Crippen LogP contribution in [0.2, 0.25) is 5.02 Å². The number of aliphatic hydroxyl groups excluding tert-OH is 1. The predicted octanol–water partition coefficient (Wildman–Crippen LogP) is 4.45. The number of para-hydroxylation sites is 1. The van der Waals surface area contributed by atoms with Crippen molar-refractivity contribution >= 4 is 22.6 Å². The number of rotatable bonds is 2. The Labute approximate surface area is 118 Å². The molecule has 1 atom stereocenters. The maximum absolute atomic E-state index is 13.7. The predicted molar refractivity (Wildman–Crippen MR) is 71.6 cm³/mol. The van der Waals surface area contributed by atoms with Gasteiger partial charge in [0.2, 0.25) is 0 Å². The van der Waals surface area contributed by atoms with Gasteiger partial charge in [-0.3, -0.25) is 0 Å². The molecule has 0 radical (unpaired) electrons. The Hall–Kier alpha value is -1.91. The van der Waals surface area contributed by atoms with E-state index in [9.17, 15) is 13.9 Å². The van der Waals surface area contributed by atoms with Crippen LogP contribution in [0.5, 0.6) is 0 Å². The average Bonchev–Trinajstić information content (AvgIpc) is 2.87. The molecule has 20 heavy (non-hydrogen) atoms. The summed E-state index contributed by atoms with van der Waals surface area (Å²) in [5, 5.41) is 11.2. The Kier molecular flexibility index (Phi) is 3.20. The number of halogens is 3. The third-order valence-electron chi connectivity index (χ3n) is 3.06. The normalized spacial score (nSPS) is 12.8. The minimum absolute atomic E-state index is 0.109. The lowest BCUT2D eigenvalue weighted by atomic mass is 10.1. The summed E-state index contributed by atoms with van der Waals surface area (Å²) in [4.78, 5) is 0. The van der Waals surface area contributed by atoms with Crippen molar-refractivity contribution in [3.8, 4) is 0 Å². The summed E-state index contributed by atoms with van der Waals surface area (Å²) in [7, 11) is 0. The molecular weight excluding hydrogens is 286 g/mol. The summed E-state index contributed by atoms with van der Waals surface area (Å²) >= 11 is 5.97. The van der Waals surface area contributed by atoms with Crippen molar-refractivity contribution in [3.63, 3.8) is 0 Å². The summed E-state index contributed by atoms with van der Waals surface area (Å²) in [6, 6.07) is 10.3. The van der Waals surface area contributed by atoms with Gasteiger partial charge in [0.25, 0.3) is 0 Å². The Balaban J connectivity index is 2.10. The molecule has 1 heterocycles. The molecule has 0 saturated heterocycles. The largest absolute Gasteiger partial charge is 0.456 e. The van der Waals surface area contributed by atoms with Crippen LogP contribution in [0.15, 0.2) is 46.9 Å². The van der Waals surface area contributed by atoms with Crippen molar-refractivity contribution < 1.29 is 18.3 Å². The second kappa shape index (κ2) is 4.89. The van der Waals surface area contributed by atoms with Crippen LogP contribution >= 0.6 is 11.6 Å². The lowest BCUT2D eigenvalue weighted by Crippen LogP contribution is -2.02. The zero-order chi connectivity index (χ0) is 14.3. The number of aliphatic hydroxyl groups is 1. The first-order valence-electron chi connectivity index (χ1n) is 5.88. The van der Waals surface area contributed by atoms with Crippen LogP contribution in [-0.4, -0.2) is 5.11 Å². The molecule has 0 aliphatic carbocycles. The molecule has 1 unspecified atom stereocenters. The number of benzene rings is 2. The standard InChI is InChI=1S/C15H9ClF2O2/c16-10-5-1-3-8-7-12(20-15(8)10)14(19)9-4-2-6-11(17)13(9)18/h1-7,14,19H. The minimum Gasteiger partial charge on any atom is -0.456 e. The molecule has 1 aromatic heterocycles. The van der Waals surface area contributed by atoms with E-state index in [-0.39, 0.29) is 11.3 Å². The van der Waals surface area contributed by atoms with Crippen molar-refractivity contribution in [1.29, 1.82) is 0 Å². The molecule has 1 N–H and O–H groups in total. The van der Waals surface area contributed by atoms with Gasteiger partial charge in [0.05, 0.1) is 5.02 Å². The molecule has 0 bridgehead atoms. The first kappa shape index (κ1) is 13.1. The van der Waals surface area contributed by atoms with E-state index in [0.29, 0.717) is 16.0 Å². The van der Waals surface area contributed by atoms with E-state index in [0.717, 1.165) is 6.07 Å². The molecule has 0 amide bonds. The Morgan fingerprint density at radius 3 is 2.60 bits per heavy atom. The molecular formula is C15H9ClF2O2. The van der Waals surface area contributed by atoms with Gasteiger partial charge in [-0.05, 0) is 18.2 Å². The average molecular weight is 295 g/mol. The monoisotopic (exact) mass is 294 g/mol. The van der Waals surface area contributed by atoms with E-state index >= 15 is 0 Å². The fourth-order valence-corrected chi connectivity index (χ4v) is 2.29. The molecule has 0 saturated carbocycles. The van der Waals surface area contributed by atoms with E-state index in [2.05, 4.69) is 0 Å². The maximum Gasteiger partial charge on any atom is 0.165 e. The van der Waals surface area contributed by atoms with Crippen molar-refractivity contribution in [2.24, 2.45) is 0 Å². The lowest BCUT2D eigenvalue weighted by molar-refractivity contribution is 0.186. The van der Waals surface area contributed by atoms with E-state index in [1.807, 2.05) is 0 Å². The van der Waals surface area contributed by atoms with Gasteiger partial charge in [-0.25, -0.2) is 8.78 Å². The van der Waals surface area contributed by atoms with Crippen LogP contribution in [0.4, 0.5) is 8.78 Å². The fourth-order valence-electron chi connectivity index (χ4n) is 2.07. The minimum atomic E-state index is -1.39. The van der Waals surface area contributed by atoms with Crippen molar-refractivity contribution in [2.45, 2.75) is 6.10 Å². The summed E-state index contributed by atoms with van der Waals surface area (Å²) in [6.45, 7) is 0. The SMILES string of the molecule is OC(c1cc2cccc(Cl)c2o1)c1cccc(F)c1F. The molecule has 0 fully saturated rings. The zero-order valence-electron chi connectivity index (χ0n) is 10.1. The van der Waals surface area contributed by atoms with E-state index in [4.69, 9.17) is 16.0 Å². The van der Waals surface area contributed by atoms with Gasteiger partial charge in [0.15, 0.2) is 17.2 Å². The molecule has 2 aromatic carbocycles. The first-order valence-corrected chi connectivity index (χ1v) is 6.25. The molecule has 3 rings (SSSR count). The van der Waals surface area contributed by atoms with E-state index in [1.165, 1.54) is 12.1 Å². The van der Waals surface area contributed by atoms with Crippen LogP contribution in [0.1, 0.15) is 17.4 Å². The summed E-state index contributed by atoms with van der Waals surface area (Å²) in [5.41, 5.74) is 0.222. The molecule has 0 aliphatic heterocycles. The second-order valence-corrected chi connectivity index (χ2v) is 4.76. The van der Waals surface area contributed by atoms with Gasteiger partial charge >= 0.3 is 0 Å². The summed E-state index contributed by atoms with van der Waals surface area (Å²) < 4.78 is 32.3. The second-order valence-electron chi connectivity index (χ2n) is 4.35. The maximum atomic E-state index is 13.7. The van der Waals surface area contributed by atoms with Gasteiger partial charge in [-0.15, -0.1) is 0 Å². The van der Waals surface area contributed by atoms with Gasteiger partial charge in [0, 0.05) is 10.9 Å². The third kappa shape index (κ3) is 2.07. The lowest BCUT2D eigenvalue weighted by Gasteiger charge is -2.09.